The van der Waals surface area contributed by atoms with E-state index >= 15 is 0 Å². The predicted molar refractivity (Wildman–Crippen MR) is 91.4 cm³/mol. The molecule has 0 aliphatic carbocycles. The number of benzene rings is 2. The fraction of sp³-hybridized carbons (Fsp3) is 0.263. The summed E-state index contributed by atoms with van der Waals surface area (Å²) in [7, 11) is 1.68. The molecule has 0 aromatic heterocycles. The van der Waals surface area contributed by atoms with Crippen LogP contribution in [0.5, 0.6) is 5.75 Å². The number of methoxy groups -OCH3 is 1. The van der Waals surface area contributed by atoms with Gasteiger partial charge < -0.3 is 14.4 Å². The molecule has 1 aliphatic heterocycles. The number of morpholine rings is 1. The van der Waals surface area contributed by atoms with Crippen molar-refractivity contribution in [3.63, 3.8) is 0 Å². The summed E-state index contributed by atoms with van der Waals surface area (Å²) in [5.74, 6) is 0.881. The quantitative estimate of drug-likeness (QED) is 0.803. The average Bonchev–Trinajstić information content (AvgIpc) is 2.61. The average molecular weight is 295 g/mol. The van der Waals surface area contributed by atoms with Crippen LogP contribution in [-0.2, 0) is 4.74 Å². The van der Waals surface area contributed by atoms with Gasteiger partial charge in [0, 0.05) is 18.8 Å². The lowest BCUT2D eigenvalue weighted by Gasteiger charge is -2.28. The van der Waals surface area contributed by atoms with Gasteiger partial charge in [-0.3, -0.25) is 0 Å². The van der Waals surface area contributed by atoms with Crippen molar-refractivity contribution in [1.82, 2.24) is 0 Å². The summed E-state index contributed by atoms with van der Waals surface area (Å²) in [6, 6.07) is 16.7. The minimum absolute atomic E-state index is 0.819. The van der Waals surface area contributed by atoms with Crippen LogP contribution >= 0.6 is 0 Å². The standard InChI is InChI=1S/C19H21NO2/c1-21-19-10-6-17(7-11-19)3-2-16-4-8-18(9-5-16)20-12-14-22-15-13-20/h2-11H,12-15H2,1H3. The molecule has 1 aliphatic rings. The van der Waals surface area contributed by atoms with Crippen LogP contribution < -0.4 is 9.64 Å². The summed E-state index contributed by atoms with van der Waals surface area (Å²) < 4.78 is 10.6. The molecule has 0 spiro atoms. The lowest BCUT2D eigenvalue weighted by molar-refractivity contribution is 0.122. The molecule has 0 unspecified atom stereocenters. The summed E-state index contributed by atoms with van der Waals surface area (Å²) in [6.07, 6.45) is 4.24. The second kappa shape index (κ2) is 7.14. The molecule has 0 N–H and O–H groups in total. The van der Waals surface area contributed by atoms with Gasteiger partial charge >= 0.3 is 0 Å². The summed E-state index contributed by atoms with van der Waals surface area (Å²) in [4.78, 5) is 2.36. The molecule has 3 rings (SSSR count). The Morgan fingerprint density at radius 2 is 1.41 bits per heavy atom. The van der Waals surface area contributed by atoms with Gasteiger partial charge in [-0.1, -0.05) is 36.4 Å². The van der Waals surface area contributed by atoms with Gasteiger partial charge in [0.1, 0.15) is 5.75 Å². The van der Waals surface area contributed by atoms with Crippen molar-refractivity contribution >= 4 is 17.8 Å². The van der Waals surface area contributed by atoms with Gasteiger partial charge in [0.2, 0.25) is 0 Å². The summed E-state index contributed by atoms with van der Waals surface area (Å²) in [5, 5.41) is 0. The van der Waals surface area contributed by atoms with Crippen molar-refractivity contribution in [3.8, 4) is 5.75 Å². The third-order valence-electron chi connectivity index (χ3n) is 3.85. The van der Waals surface area contributed by atoms with Crippen LogP contribution in [0.3, 0.4) is 0 Å². The van der Waals surface area contributed by atoms with E-state index in [0.717, 1.165) is 37.6 Å². The largest absolute Gasteiger partial charge is 0.497 e. The smallest absolute Gasteiger partial charge is 0.118 e. The molecule has 3 heteroatoms. The van der Waals surface area contributed by atoms with Crippen molar-refractivity contribution in [1.29, 1.82) is 0 Å². The van der Waals surface area contributed by atoms with E-state index in [2.05, 4.69) is 53.5 Å². The van der Waals surface area contributed by atoms with Gasteiger partial charge in [-0.25, -0.2) is 0 Å². The van der Waals surface area contributed by atoms with E-state index in [0.29, 0.717) is 0 Å². The minimum Gasteiger partial charge on any atom is -0.497 e. The van der Waals surface area contributed by atoms with Crippen molar-refractivity contribution in [2.45, 2.75) is 0 Å². The molecule has 1 heterocycles. The zero-order chi connectivity index (χ0) is 15.2. The monoisotopic (exact) mass is 295 g/mol. The number of ether oxygens (including phenoxy) is 2. The van der Waals surface area contributed by atoms with Gasteiger partial charge in [-0.2, -0.15) is 0 Å². The zero-order valence-corrected chi connectivity index (χ0v) is 12.9. The molecule has 1 saturated heterocycles. The molecule has 114 valence electrons. The van der Waals surface area contributed by atoms with Crippen LogP contribution in [0, 0.1) is 0 Å². The van der Waals surface area contributed by atoms with E-state index < -0.39 is 0 Å². The first-order valence-electron chi connectivity index (χ1n) is 7.60. The summed E-state index contributed by atoms with van der Waals surface area (Å²) in [6.45, 7) is 3.58. The summed E-state index contributed by atoms with van der Waals surface area (Å²) in [5.41, 5.74) is 3.63. The Hall–Kier alpha value is -2.26. The zero-order valence-electron chi connectivity index (χ0n) is 12.9. The molecule has 2 aromatic carbocycles. The molecule has 0 saturated carbocycles. The number of rotatable bonds is 4. The van der Waals surface area contributed by atoms with E-state index in [1.807, 2.05) is 12.1 Å². The molecule has 0 atom stereocenters. The van der Waals surface area contributed by atoms with Crippen molar-refractivity contribution < 1.29 is 9.47 Å². The molecule has 2 aromatic rings. The number of hydrogen-bond donors (Lipinski definition) is 0. The molecule has 0 radical (unpaired) electrons. The highest BCUT2D eigenvalue weighted by Crippen LogP contribution is 2.18. The Labute approximate surface area is 131 Å². The van der Waals surface area contributed by atoms with Gasteiger partial charge in [0.15, 0.2) is 0 Å². The first-order valence-corrected chi connectivity index (χ1v) is 7.60. The predicted octanol–water partition coefficient (Wildman–Crippen LogP) is 3.70. The van der Waals surface area contributed by atoms with E-state index in [4.69, 9.17) is 9.47 Å². The molecule has 0 bridgehead atoms. The number of nitrogens with zero attached hydrogens (tertiary/aromatic N) is 1. The number of hydrogen-bond acceptors (Lipinski definition) is 3. The van der Waals surface area contributed by atoms with Gasteiger partial charge in [-0.15, -0.1) is 0 Å². The fourth-order valence-electron chi connectivity index (χ4n) is 2.53. The Balaban J connectivity index is 1.65. The van der Waals surface area contributed by atoms with E-state index in [9.17, 15) is 0 Å². The first-order chi connectivity index (χ1) is 10.8. The molecule has 22 heavy (non-hydrogen) atoms. The highest BCUT2D eigenvalue weighted by atomic mass is 16.5. The van der Waals surface area contributed by atoms with E-state index in [1.165, 1.54) is 11.3 Å². The molecular weight excluding hydrogens is 274 g/mol. The van der Waals surface area contributed by atoms with Crippen LogP contribution in [0.4, 0.5) is 5.69 Å². The van der Waals surface area contributed by atoms with Crippen LogP contribution in [-0.4, -0.2) is 33.4 Å². The van der Waals surface area contributed by atoms with Crippen molar-refractivity contribution in [2.75, 3.05) is 38.3 Å². The molecule has 1 fully saturated rings. The van der Waals surface area contributed by atoms with E-state index in [-0.39, 0.29) is 0 Å². The van der Waals surface area contributed by atoms with Crippen LogP contribution in [0.2, 0.25) is 0 Å². The highest BCUT2D eigenvalue weighted by molar-refractivity contribution is 5.70. The van der Waals surface area contributed by atoms with Gasteiger partial charge in [-0.05, 0) is 35.4 Å². The maximum absolute atomic E-state index is 5.39. The van der Waals surface area contributed by atoms with Gasteiger partial charge in [0.05, 0.1) is 20.3 Å². The Kier molecular flexibility index (Phi) is 4.76. The Morgan fingerprint density at radius 1 is 0.864 bits per heavy atom. The molecular formula is C19H21NO2. The van der Waals surface area contributed by atoms with Crippen molar-refractivity contribution in [3.05, 3.63) is 59.7 Å². The maximum Gasteiger partial charge on any atom is 0.118 e. The van der Waals surface area contributed by atoms with Crippen molar-refractivity contribution in [2.24, 2.45) is 0 Å². The van der Waals surface area contributed by atoms with Gasteiger partial charge in [0.25, 0.3) is 0 Å². The lowest BCUT2D eigenvalue weighted by atomic mass is 10.1. The first kappa shape index (κ1) is 14.7. The Bertz CT molecular complexity index is 611. The SMILES string of the molecule is COc1ccc(C=Cc2ccc(N3CCOCC3)cc2)cc1. The second-order valence-electron chi connectivity index (χ2n) is 5.30. The number of anilines is 1. The third-order valence-corrected chi connectivity index (χ3v) is 3.85. The second-order valence-corrected chi connectivity index (χ2v) is 5.30. The summed E-state index contributed by atoms with van der Waals surface area (Å²) >= 11 is 0. The van der Waals surface area contributed by atoms with Crippen LogP contribution in [0.1, 0.15) is 11.1 Å². The Morgan fingerprint density at radius 3 is 1.95 bits per heavy atom. The molecule has 3 nitrogen and oxygen atoms in total. The maximum atomic E-state index is 5.39. The minimum atomic E-state index is 0.819. The molecule has 0 amide bonds. The lowest BCUT2D eigenvalue weighted by Crippen LogP contribution is -2.36. The normalized spacial score (nSPS) is 15.2. The van der Waals surface area contributed by atoms with Crippen LogP contribution in [0.15, 0.2) is 48.5 Å². The highest BCUT2D eigenvalue weighted by Gasteiger charge is 2.10. The van der Waals surface area contributed by atoms with E-state index in [1.54, 1.807) is 7.11 Å². The third kappa shape index (κ3) is 3.68. The van der Waals surface area contributed by atoms with Crippen LogP contribution in [0.25, 0.3) is 12.2 Å². The topological polar surface area (TPSA) is 21.7 Å². The fourth-order valence-corrected chi connectivity index (χ4v) is 2.53.